The molecule has 1 atom stereocenters. The normalized spacial score (nSPS) is 15.9. The van der Waals surface area contributed by atoms with Gasteiger partial charge in [-0.05, 0) is 41.5 Å². The van der Waals surface area contributed by atoms with E-state index in [1.807, 2.05) is 20.8 Å². The van der Waals surface area contributed by atoms with Crippen LogP contribution in [0.2, 0.25) is 0 Å². The van der Waals surface area contributed by atoms with E-state index < -0.39 is 31.4 Å². The van der Waals surface area contributed by atoms with Crippen LogP contribution in [0.15, 0.2) is 0 Å². The van der Waals surface area contributed by atoms with Gasteiger partial charge in [-0.3, -0.25) is 18.4 Å². The third kappa shape index (κ3) is 10.1. The molecule has 0 aliphatic heterocycles. The SMILES string of the molecule is CC(C)(C)OCOP(C)(=O)OCOC(=O)C(C)(C)C. The molecule has 0 aliphatic rings. The third-order valence-electron chi connectivity index (χ3n) is 1.87. The molecular weight excluding hydrogens is 271 g/mol. The summed E-state index contributed by atoms with van der Waals surface area (Å²) in [6.07, 6.45) is 0. The van der Waals surface area contributed by atoms with E-state index in [1.165, 1.54) is 6.66 Å². The Morgan fingerprint density at radius 2 is 1.47 bits per heavy atom. The zero-order chi connectivity index (χ0) is 15.3. The van der Waals surface area contributed by atoms with Gasteiger partial charge in [-0.1, -0.05) is 0 Å². The number of esters is 1. The zero-order valence-corrected chi connectivity index (χ0v) is 13.7. The molecule has 114 valence electrons. The third-order valence-corrected chi connectivity index (χ3v) is 3.02. The Bertz CT molecular complexity index is 339. The van der Waals surface area contributed by atoms with Gasteiger partial charge >= 0.3 is 13.6 Å². The topological polar surface area (TPSA) is 71.1 Å². The van der Waals surface area contributed by atoms with Crippen LogP contribution in [0, 0.1) is 5.41 Å². The van der Waals surface area contributed by atoms with Crippen LogP contribution in [0.1, 0.15) is 41.5 Å². The van der Waals surface area contributed by atoms with Crippen LogP contribution in [0.5, 0.6) is 0 Å². The summed E-state index contributed by atoms with van der Waals surface area (Å²) < 4.78 is 31.8. The first-order valence-corrected chi connectivity index (χ1v) is 8.00. The maximum Gasteiger partial charge on any atom is 0.332 e. The molecule has 0 rings (SSSR count). The molecule has 19 heavy (non-hydrogen) atoms. The highest BCUT2D eigenvalue weighted by molar-refractivity contribution is 7.52. The summed E-state index contributed by atoms with van der Waals surface area (Å²) in [6.45, 7) is 11.4. The Labute approximate surface area is 115 Å². The number of ether oxygens (including phenoxy) is 2. The van der Waals surface area contributed by atoms with Crippen LogP contribution in [0.4, 0.5) is 0 Å². The van der Waals surface area contributed by atoms with E-state index in [2.05, 4.69) is 0 Å². The molecular formula is C12H25O6P. The zero-order valence-electron chi connectivity index (χ0n) is 12.8. The summed E-state index contributed by atoms with van der Waals surface area (Å²) in [7, 11) is -3.29. The van der Waals surface area contributed by atoms with Gasteiger partial charge in [0.2, 0.25) is 6.79 Å². The van der Waals surface area contributed by atoms with Crippen LogP contribution in [0.3, 0.4) is 0 Å². The molecule has 7 heteroatoms. The maximum atomic E-state index is 11.8. The lowest BCUT2D eigenvalue weighted by Crippen LogP contribution is -2.24. The van der Waals surface area contributed by atoms with E-state index in [4.69, 9.17) is 18.5 Å². The molecule has 6 nitrogen and oxygen atoms in total. The Morgan fingerprint density at radius 3 is 1.89 bits per heavy atom. The molecule has 0 amide bonds. The molecule has 0 fully saturated rings. The van der Waals surface area contributed by atoms with Crippen LogP contribution in [0.25, 0.3) is 0 Å². The fourth-order valence-electron chi connectivity index (χ4n) is 0.728. The van der Waals surface area contributed by atoms with E-state index in [0.29, 0.717) is 0 Å². The molecule has 0 radical (unpaired) electrons. The number of hydrogen-bond acceptors (Lipinski definition) is 6. The van der Waals surface area contributed by atoms with Crippen molar-refractivity contribution in [1.82, 2.24) is 0 Å². The van der Waals surface area contributed by atoms with E-state index in [0.717, 1.165) is 0 Å². The van der Waals surface area contributed by atoms with E-state index in [1.54, 1.807) is 20.8 Å². The van der Waals surface area contributed by atoms with Crippen LogP contribution >= 0.6 is 7.60 Å². The molecule has 0 bridgehead atoms. The summed E-state index contributed by atoms with van der Waals surface area (Å²) in [5.41, 5.74) is -1.02. The van der Waals surface area contributed by atoms with Gasteiger partial charge < -0.3 is 9.47 Å². The number of hydrogen-bond donors (Lipinski definition) is 0. The first-order valence-electron chi connectivity index (χ1n) is 6.01. The molecule has 1 unspecified atom stereocenters. The van der Waals surface area contributed by atoms with Crippen molar-refractivity contribution in [3.63, 3.8) is 0 Å². The molecule has 0 aromatic heterocycles. The Hall–Kier alpha value is -0.420. The molecule has 0 aromatic rings. The van der Waals surface area contributed by atoms with E-state index >= 15 is 0 Å². The average molecular weight is 296 g/mol. The van der Waals surface area contributed by atoms with Crippen molar-refractivity contribution in [3.05, 3.63) is 0 Å². The lowest BCUT2D eigenvalue weighted by molar-refractivity contribution is -0.160. The molecule has 0 heterocycles. The standard InChI is InChI=1S/C12H25O6P/c1-11(2,3)10(13)15-8-17-19(7,14)18-9-16-12(4,5)6/h8-9H2,1-7H3. The number of carbonyl (C=O) groups excluding carboxylic acids is 1. The van der Waals surface area contributed by atoms with Crippen LogP contribution < -0.4 is 0 Å². The molecule has 0 aromatic carbocycles. The minimum absolute atomic E-state index is 0.148. The molecule has 0 N–H and O–H groups in total. The summed E-state index contributed by atoms with van der Waals surface area (Å²) in [5.74, 6) is -0.432. The van der Waals surface area contributed by atoms with Gasteiger partial charge in [0.15, 0.2) is 6.79 Å². The van der Waals surface area contributed by atoms with E-state index in [-0.39, 0.29) is 6.79 Å². The summed E-state index contributed by atoms with van der Waals surface area (Å²) in [4.78, 5) is 11.4. The highest BCUT2D eigenvalue weighted by Gasteiger charge is 2.25. The Balaban J connectivity index is 3.99. The van der Waals surface area contributed by atoms with Gasteiger partial charge in [0.25, 0.3) is 0 Å². The quantitative estimate of drug-likeness (QED) is 0.426. The first kappa shape index (κ1) is 18.6. The average Bonchev–Trinajstić information content (AvgIpc) is 2.12. The fourth-order valence-corrected chi connectivity index (χ4v) is 1.29. The Morgan fingerprint density at radius 1 is 1.00 bits per heavy atom. The predicted octanol–water partition coefficient (Wildman–Crippen LogP) is 3.16. The first-order chi connectivity index (χ1) is 8.33. The second kappa shape index (κ2) is 6.84. The van der Waals surface area contributed by atoms with E-state index in [9.17, 15) is 9.36 Å². The minimum Gasteiger partial charge on any atom is -0.438 e. The summed E-state index contributed by atoms with van der Waals surface area (Å²) in [5, 5.41) is 0. The maximum absolute atomic E-state index is 11.8. The van der Waals surface area contributed by atoms with Crippen molar-refractivity contribution in [1.29, 1.82) is 0 Å². The smallest absolute Gasteiger partial charge is 0.332 e. The lowest BCUT2D eigenvalue weighted by atomic mass is 9.98. The van der Waals surface area contributed by atoms with Crippen molar-refractivity contribution in [2.45, 2.75) is 47.1 Å². The molecule has 0 spiro atoms. The molecule has 0 saturated carbocycles. The van der Waals surface area contributed by atoms with Crippen molar-refractivity contribution in [3.8, 4) is 0 Å². The summed E-state index contributed by atoms with van der Waals surface area (Å²) >= 11 is 0. The van der Waals surface area contributed by atoms with Crippen molar-refractivity contribution in [2.24, 2.45) is 5.41 Å². The second-order valence-electron chi connectivity index (χ2n) is 6.20. The number of rotatable bonds is 6. The highest BCUT2D eigenvalue weighted by Crippen LogP contribution is 2.43. The van der Waals surface area contributed by atoms with Gasteiger partial charge in [0.05, 0.1) is 11.0 Å². The van der Waals surface area contributed by atoms with Crippen LogP contribution in [-0.2, 0) is 27.9 Å². The largest absolute Gasteiger partial charge is 0.438 e. The van der Waals surface area contributed by atoms with Crippen LogP contribution in [-0.4, -0.2) is 31.8 Å². The Kier molecular flexibility index (Phi) is 6.69. The fraction of sp³-hybridized carbons (Fsp3) is 0.917. The summed E-state index contributed by atoms with van der Waals surface area (Å²) in [6, 6.07) is 0. The van der Waals surface area contributed by atoms with Gasteiger partial charge in [0, 0.05) is 6.66 Å². The van der Waals surface area contributed by atoms with Gasteiger partial charge in [-0.2, -0.15) is 0 Å². The molecule has 0 aliphatic carbocycles. The van der Waals surface area contributed by atoms with Crippen molar-refractivity contribution in [2.75, 3.05) is 20.3 Å². The van der Waals surface area contributed by atoms with Crippen molar-refractivity contribution < 1.29 is 27.9 Å². The van der Waals surface area contributed by atoms with Gasteiger partial charge in [-0.25, -0.2) is 0 Å². The number of carbonyl (C=O) groups is 1. The monoisotopic (exact) mass is 296 g/mol. The second-order valence-corrected chi connectivity index (χ2v) is 8.26. The van der Waals surface area contributed by atoms with Gasteiger partial charge in [-0.15, -0.1) is 0 Å². The minimum atomic E-state index is -3.29. The van der Waals surface area contributed by atoms with Crippen molar-refractivity contribution >= 4 is 13.6 Å². The van der Waals surface area contributed by atoms with Gasteiger partial charge in [0.1, 0.15) is 0 Å². The molecule has 0 saturated heterocycles. The highest BCUT2D eigenvalue weighted by atomic mass is 31.2. The lowest BCUT2D eigenvalue weighted by Gasteiger charge is -2.22. The predicted molar refractivity (Wildman–Crippen MR) is 71.8 cm³/mol.